The Labute approximate surface area is 73.3 Å². The fourth-order valence-electron chi connectivity index (χ4n) is 1.40. The molecule has 0 amide bonds. The van der Waals surface area contributed by atoms with Gasteiger partial charge in [0.1, 0.15) is 0 Å². The molecule has 1 atom stereocenters. The van der Waals surface area contributed by atoms with E-state index in [1.807, 2.05) is 12.1 Å². The maximum Gasteiger partial charge on any atom is 0.193 e. The van der Waals surface area contributed by atoms with E-state index < -0.39 is 9.76 Å². The molecule has 0 fully saturated rings. The SMILES string of the molecule is CC1O[SiH2]c2cc(Cl)ccc21. The maximum absolute atomic E-state index is 5.84. The van der Waals surface area contributed by atoms with Gasteiger partial charge in [0.2, 0.25) is 0 Å². The highest BCUT2D eigenvalue weighted by molar-refractivity contribution is 6.49. The molecule has 58 valence electrons. The van der Waals surface area contributed by atoms with E-state index in [1.165, 1.54) is 10.8 Å². The first-order valence-corrected chi connectivity index (χ1v) is 5.33. The van der Waals surface area contributed by atoms with Crippen LogP contribution in [0, 0.1) is 0 Å². The molecule has 0 spiro atoms. The molecule has 0 saturated heterocycles. The molecule has 2 rings (SSSR count). The second kappa shape index (κ2) is 2.63. The van der Waals surface area contributed by atoms with Crippen molar-refractivity contribution in [2.45, 2.75) is 13.0 Å². The van der Waals surface area contributed by atoms with Gasteiger partial charge >= 0.3 is 0 Å². The van der Waals surface area contributed by atoms with Gasteiger partial charge in [0.25, 0.3) is 0 Å². The minimum absolute atomic E-state index is 0.300. The summed E-state index contributed by atoms with van der Waals surface area (Å²) in [7, 11) is -0.462. The summed E-state index contributed by atoms with van der Waals surface area (Å²) in [5.41, 5.74) is 1.33. The van der Waals surface area contributed by atoms with Gasteiger partial charge in [0.05, 0.1) is 6.10 Å². The third-order valence-electron chi connectivity index (χ3n) is 2.03. The molecular weight excluding hydrogens is 176 g/mol. The molecule has 1 aliphatic rings. The van der Waals surface area contributed by atoms with Gasteiger partial charge in [-0.25, -0.2) is 0 Å². The van der Waals surface area contributed by atoms with Crippen LogP contribution in [0.1, 0.15) is 18.6 Å². The van der Waals surface area contributed by atoms with Crippen molar-refractivity contribution in [3.05, 3.63) is 28.8 Å². The van der Waals surface area contributed by atoms with Crippen molar-refractivity contribution in [2.75, 3.05) is 0 Å². The van der Waals surface area contributed by atoms with Crippen molar-refractivity contribution in [1.29, 1.82) is 0 Å². The molecule has 1 unspecified atom stereocenters. The number of hydrogen-bond acceptors (Lipinski definition) is 1. The Morgan fingerprint density at radius 1 is 1.55 bits per heavy atom. The first kappa shape index (κ1) is 7.34. The van der Waals surface area contributed by atoms with E-state index in [2.05, 4.69) is 13.0 Å². The van der Waals surface area contributed by atoms with Gasteiger partial charge in [-0.05, 0) is 29.8 Å². The Morgan fingerprint density at radius 2 is 2.36 bits per heavy atom. The van der Waals surface area contributed by atoms with Crippen LogP contribution < -0.4 is 5.19 Å². The molecule has 1 aromatic rings. The van der Waals surface area contributed by atoms with Crippen LogP contribution in [0.15, 0.2) is 18.2 Å². The first-order chi connectivity index (χ1) is 5.27. The average molecular weight is 185 g/mol. The van der Waals surface area contributed by atoms with Crippen LogP contribution in [0.3, 0.4) is 0 Å². The lowest BCUT2D eigenvalue weighted by Gasteiger charge is -2.02. The van der Waals surface area contributed by atoms with Gasteiger partial charge in [-0.1, -0.05) is 17.7 Å². The van der Waals surface area contributed by atoms with E-state index in [1.54, 1.807) is 0 Å². The zero-order valence-corrected chi connectivity index (χ0v) is 8.47. The second-order valence-electron chi connectivity index (χ2n) is 2.80. The Kier molecular flexibility index (Phi) is 1.75. The van der Waals surface area contributed by atoms with Crippen molar-refractivity contribution in [2.24, 2.45) is 0 Å². The summed E-state index contributed by atoms with van der Waals surface area (Å²) in [4.78, 5) is 0. The molecule has 1 nitrogen and oxygen atoms in total. The van der Waals surface area contributed by atoms with Crippen LogP contribution >= 0.6 is 11.6 Å². The molecule has 1 heterocycles. The highest BCUT2D eigenvalue weighted by Gasteiger charge is 2.18. The van der Waals surface area contributed by atoms with Gasteiger partial charge in [0, 0.05) is 5.02 Å². The predicted octanol–water partition coefficient (Wildman–Crippen LogP) is 1.14. The third kappa shape index (κ3) is 1.22. The van der Waals surface area contributed by atoms with E-state index in [0.29, 0.717) is 6.10 Å². The fraction of sp³-hybridized carbons (Fsp3) is 0.250. The van der Waals surface area contributed by atoms with Gasteiger partial charge in [-0.2, -0.15) is 0 Å². The van der Waals surface area contributed by atoms with Crippen LogP contribution in [0.5, 0.6) is 0 Å². The Balaban J connectivity index is 2.50. The molecule has 11 heavy (non-hydrogen) atoms. The van der Waals surface area contributed by atoms with E-state index in [0.717, 1.165) is 5.02 Å². The molecule has 1 aliphatic heterocycles. The summed E-state index contributed by atoms with van der Waals surface area (Å²) in [6.45, 7) is 2.09. The quantitative estimate of drug-likeness (QED) is 0.550. The van der Waals surface area contributed by atoms with Crippen LogP contribution in [0.2, 0.25) is 5.02 Å². The fourth-order valence-corrected chi connectivity index (χ4v) is 3.21. The summed E-state index contributed by atoms with van der Waals surface area (Å²) >= 11 is 5.84. The van der Waals surface area contributed by atoms with Crippen molar-refractivity contribution in [1.82, 2.24) is 0 Å². The van der Waals surface area contributed by atoms with Crippen LogP contribution in [-0.4, -0.2) is 9.76 Å². The van der Waals surface area contributed by atoms with E-state index in [4.69, 9.17) is 16.0 Å². The number of halogens is 1. The smallest absolute Gasteiger partial charge is 0.193 e. The molecule has 0 bridgehead atoms. The third-order valence-corrected chi connectivity index (χ3v) is 3.86. The molecule has 0 aliphatic carbocycles. The number of rotatable bonds is 0. The highest BCUT2D eigenvalue weighted by atomic mass is 35.5. The maximum atomic E-state index is 5.84. The van der Waals surface area contributed by atoms with Crippen LogP contribution in [-0.2, 0) is 4.43 Å². The van der Waals surface area contributed by atoms with Crippen molar-refractivity contribution in [3.8, 4) is 0 Å². The summed E-state index contributed by atoms with van der Waals surface area (Å²) < 4.78 is 5.56. The molecular formula is C8H9ClOSi. The summed E-state index contributed by atoms with van der Waals surface area (Å²) in [5.74, 6) is 0. The summed E-state index contributed by atoms with van der Waals surface area (Å²) in [5, 5.41) is 2.19. The molecule has 0 saturated carbocycles. The zero-order chi connectivity index (χ0) is 7.84. The standard InChI is InChI=1S/C8H9ClOSi/c1-5-7-3-2-6(9)4-8(7)11-10-5/h2-5H,11H2,1H3. The first-order valence-electron chi connectivity index (χ1n) is 3.67. The molecule has 0 aromatic heterocycles. The number of benzene rings is 1. The Hall–Kier alpha value is -0.313. The molecule has 1 aromatic carbocycles. The minimum atomic E-state index is -0.462. The lowest BCUT2D eigenvalue weighted by atomic mass is 10.1. The van der Waals surface area contributed by atoms with Gasteiger partial charge in [0.15, 0.2) is 9.76 Å². The van der Waals surface area contributed by atoms with Gasteiger partial charge < -0.3 is 4.43 Å². The monoisotopic (exact) mass is 184 g/mol. The number of fused-ring (bicyclic) bond motifs is 1. The molecule has 0 N–H and O–H groups in total. The highest BCUT2D eigenvalue weighted by Crippen LogP contribution is 2.21. The summed E-state index contributed by atoms with van der Waals surface area (Å²) in [6, 6.07) is 6.04. The largest absolute Gasteiger partial charge is 0.412 e. The Bertz CT molecular complexity index is 287. The van der Waals surface area contributed by atoms with E-state index >= 15 is 0 Å². The van der Waals surface area contributed by atoms with E-state index in [-0.39, 0.29) is 0 Å². The zero-order valence-electron chi connectivity index (χ0n) is 6.30. The summed E-state index contributed by atoms with van der Waals surface area (Å²) in [6.07, 6.45) is 0.300. The van der Waals surface area contributed by atoms with Crippen LogP contribution in [0.25, 0.3) is 0 Å². The van der Waals surface area contributed by atoms with E-state index in [9.17, 15) is 0 Å². The van der Waals surface area contributed by atoms with Crippen molar-refractivity contribution >= 4 is 26.6 Å². The van der Waals surface area contributed by atoms with Crippen molar-refractivity contribution in [3.63, 3.8) is 0 Å². The van der Waals surface area contributed by atoms with Crippen LogP contribution in [0.4, 0.5) is 0 Å². The average Bonchev–Trinajstić information content (AvgIpc) is 2.32. The minimum Gasteiger partial charge on any atom is -0.412 e. The molecule has 0 radical (unpaired) electrons. The second-order valence-corrected chi connectivity index (χ2v) is 4.62. The lowest BCUT2D eigenvalue weighted by molar-refractivity contribution is 0.258. The van der Waals surface area contributed by atoms with Gasteiger partial charge in [-0.3, -0.25) is 0 Å². The predicted molar refractivity (Wildman–Crippen MR) is 49.1 cm³/mol. The lowest BCUT2D eigenvalue weighted by Crippen LogP contribution is -2.10. The topological polar surface area (TPSA) is 9.23 Å². The normalized spacial score (nSPS) is 24.0. The van der Waals surface area contributed by atoms with Gasteiger partial charge in [-0.15, -0.1) is 0 Å². The molecule has 3 heteroatoms. The Morgan fingerprint density at radius 3 is 3.18 bits per heavy atom. The number of hydrogen-bond donors (Lipinski definition) is 0. The van der Waals surface area contributed by atoms with Crippen molar-refractivity contribution < 1.29 is 4.43 Å².